The van der Waals surface area contributed by atoms with Crippen molar-refractivity contribution in [1.82, 2.24) is 0 Å². The predicted molar refractivity (Wildman–Crippen MR) is 58.0 cm³/mol. The van der Waals surface area contributed by atoms with Crippen LogP contribution in [0.5, 0.6) is 0 Å². The number of hydrogen-bond donors (Lipinski definition) is 0. The van der Waals surface area contributed by atoms with Crippen molar-refractivity contribution in [2.75, 3.05) is 6.67 Å². The maximum Gasteiger partial charge on any atom is 0.146 e. The molecule has 0 radical (unpaired) electrons. The van der Waals surface area contributed by atoms with Gasteiger partial charge in [0.05, 0.1) is 5.41 Å². The topological polar surface area (TPSA) is 17.1 Å². The molecule has 1 aromatic rings. The lowest BCUT2D eigenvalue weighted by atomic mass is 9.79. The number of carbonyl (C=O) groups excluding carboxylic acids is 1. The van der Waals surface area contributed by atoms with Gasteiger partial charge in [0.15, 0.2) is 0 Å². The second-order valence-corrected chi connectivity index (χ2v) is 4.44. The Balaban J connectivity index is 2.42. The molecule has 1 nitrogen and oxygen atoms in total. The Morgan fingerprint density at radius 1 is 1.33 bits per heavy atom. The van der Waals surface area contributed by atoms with Crippen molar-refractivity contribution >= 4 is 17.4 Å². The van der Waals surface area contributed by atoms with E-state index in [0.717, 1.165) is 12.0 Å². The van der Waals surface area contributed by atoms with Crippen LogP contribution in [0.4, 0.5) is 4.39 Å². The molecule has 0 heterocycles. The van der Waals surface area contributed by atoms with E-state index in [0.29, 0.717) is 17.9 Å². The smallest absolute Gasteiger partial charge is 0.146 e. The van der Waals surface area contributed by atoms with Gasteiger partial charge in [-0.15, -0.1) is 0 Å². The molecule has 1 aliphatic carbocycles. The van der Waals surface area contributed by atoms with E-state index in [2.05, 4.69) is 0 Å². The molecule has 0 N–H and O–H groups in total. The Hall–Kier alpha value is -0.890. The average Bonchev–Trinajstić information content (AvgIpc) is 2.62. The Bertz CT molecular complexity index is 374. The molecule has 0 aliphatic heterocycles. The average molecular weight is 227 g/mol. The number of alkyl halides is 1. The lowest BCUT2D eigenvalue weighted by Crippen LogP contribution is -2.33. The molecule has 0 spiro atoms. The van der Waals surface area contributed by atoms with Crippen molar-refractivity contribution in [2.24, 2.45) is 0 Å². The summed E-state index contributed by atoms with van der Waals surface area (Å²) in [5, 5.41) is 0.609. The molecule has 1 fully saturated rings. The minimum atomic E-state index is -0.884. The number of carbonyl (C=O) groups is 1. The van der Waals surface area contributed by atoms with Gasteiger partial charge >= 0.3 is 0 Å². The molecule has 0 aromatic heterocycles. The van der Waals surface area contributed by atoms with E-state index in [1.165, 1.54) is 0 Å². The first kappa shape index (κ1) is 10.6. The van der Waals surface area contributed by atoms with Crippen LogP contribution in [-0.2, 0) is 10.2 Å². The SMILES string of the molecule is O=C1CCCC1(CF)c1ccc(Cl)cc1. The third-order valence-corrected chi connectivity index (χ3v) is 3.42. The first-order chi connectivity index (χ1) is 7.19. The Morgan fingerprint density at radius 3 is 2.47 bits per heavy atom. The van der Waals surface area contributed by atoms with Gasteiger partial charge in [-0.3, -0.25) is 4.79 Å². The van der Waals surface area contributed by atoms with Crippen LogP contribution in [0, 0.1) is 0 Å². The van der Waals surface area contributed by atoms with Gasteiger partial charge < -0.3 is 0 Å². The Kier molecular flexibility index (Phi) is 2.79. The number of ketones is 1. The lowest BCUT2D eigenvalue weighted by Gasteiger charge is -2.24. The predicted octanol–water partition coefficient (Wildman–Crippen LogP) is 3.30. The summed E-state index contributed by atoms with van der Waals surface area (Å²) >= 11 is 5.76. The molecule has 1 unspecified atom stereocenters. The molecule has 0 bridgehead atoms. The molecule has 15 heavy (non-hydrogen) atoms. The third kappa shape index (κ3) is 1.67. The van der Waals surface area contributed by atoms with Crippen LogP contribution < -0.4 is 0 Å². The summed E-state index contributed by atoms with van der Waals surface area (Å²) in [5.41, 5.74) is -0.123. The van der Waals surface area contributed by atoms with Gasteiger partial charge in [-0.1, -0.05) is 23.7 Å². The van der Waals surface area contributed by atoms with Crippen LogP contribution in [0.1, 0.15) is 24.8 Å². The van der Waals surface area contributed by atoms with Crippen LogP contribution in [0.2, 0.25) is 5.02 Å². The fourth-order valence-electron chi connectivity index (χ4n) is 2.22. The summed E-state index contributed by atoms with van der Waals surface area (Å²) in [4.78, 5) is 11.7. The minimum Gasteiger partial charge on any atom is -0.299 e. The monoisotopic (exact) mass is 226 g/mol. The van der Waals surface area contributed by atoms with E-state index >= 15 is 0 Å². The zero-order valence-electron chi connectivity index (χ0n) is 8.30. The van der Waals surface area contributed by atoms with E-state index in [1.807, 2.05) is 0 Å². The summed E-state index contributed by atoms with van der Waals surface area (Å²) in [6.07, 6.45) is 1.89. The normalized spacial score (nSPS) is 25.9. The molecule has 2 rings (SSSR count). The van der Waals surface area contributed by atoms with Crippen LogP contribution in [-0.4, -0.2) is 12.5 Å². The second-order valence-electron chi connectivity index (χ2n) is 4.00. The molecule has 1 aromatic carbocycles. The van der Waals surface area contributed by atoms with Crippen LogP contribution in [0.15, 0.2) is 24.3 Å². The standard InChI is InChI=1S/C12H12ClFO/c13-10-5-3-9(4-6-10)12(8-14)7-1-2-11(12)15/h3-6H,1-2,7-8H2. The van der Waals surface area contributed by atoms with E-state index in [4.69, 9.17) is 11.6 Å². The van der Waals surface area contributed by atoms with E-state index in [1.54, 1.807) is 24.3 Å². The summed E-state index contributed by atoms with van der Waals surface area (Å²) in [6.45, 7) is -0.604. The first-order valence-corrected chi connectivity index (χ1v) is 5.42. The van der Waals surface area contributed by atoms with Crippen LogP contribution in [0.25, 0.3) is 0 Å². The summed E-state index contributed by atoms with van der Waals surface area (Å²) in [6, 6.07) is 6.93. The highest BCUT2D eigenvalue weighted by Crippen LogP contribution is 2.38. The largest absolute Gasteiger partial charge is 0.299 e. The van der Waals surface area contributed by atoms with Gasteiger partial charge in [-0.25, -0.2) is 4.39 Å². The molecule has 0 saturated heterocycles. The van der Waals surface area contributed by atoms with Crippen molar-refractivity contribution in [2.45, 2.75) is 24.7 Å². The second kappa shape index (κ2) is 3.93. The van der Waals surface area contributed by atoms with Gasteiger partial charge in [-0.05, 0) is 30.5 Å². The fourth-order valence-corrected chi connectivity index (χ4v) is 2.35. The number of halogens is 2. The Labute approximate surface area is 93.2 Å². The molecule has 1 saturated carbocycles. The maximum atomic E-state index is 13.1. The van der Waals surface area contributed by atoms with Crippen molar-refractivity contribution in [1.29, 1.82) is 0 Å². The zero-order chi connectivity index (χ0) is 10.9. The lowest BCUT2D eigenvalue weighted by molar-refractivity contribution is -0.122. The third-order valence-electron chi connectivity index (χ3n) is 3.17. The molecule has 1 atom stereocenters. The highest BCUT2D eigenvalue weighted by molar-refractivity contribution is 6.30. The van der Waals surface area contributed by atoms with Gasteiger partial charge in [0, 0.05) is 11.4 Å². The quantitative estimate of drug-likeness (QED) is 0.756. The van der Waals surface area contributed by atoms with Gasteiger partial charge in [0.1, 0.15) is 12.5 Å². The number of benzene rings is 1. The van der Waals surface area contributed by atoms with Gasteiger partial charge in [-0.2, -0.15) is 0 Å². The van der Waals surface area contributed by atoms with E-state index in [-0.39, 0.29) is 5.78 Å². The van der Waals surface area contributed by atoms with Crippen LogP contribution >= 0.6 is 11.6 Å². The van der Waals surface area contributed by atoms with Crippen molar-refractivity contribution < 1.29 is 9.18 Å². The number of Topliss-reactive ketones (excluding diaryl/α,β-unsaturated/α-hetero) is 1. The summed E-state index contributed by atoms with van der Waals surface area (Å²) < 4.78 is 13.1. The summed E-state index contributed by atoms with van der Waals surface area (Å²) in [7, 11) is 0. The highest BCUT2D eigenvalue weighted by Gasteiger charge is 2.43. The van der Waals surface area contributed by atoms with Crippen molar-refractivity contribution in [3.8, 4) is 0 Å². The Morgan fingerprint density at radius 2 is 2.00 bits per heavy atom. The molecular formula is C12H12ClFO. The number of hydrogen-bond acceptors (Lipinski definition) is 1. The molecule has 80 valence electrons. The molecule has 1 aliphatic rings. The summed E-state index contributed by atoms with van der Waals surface area (Å²) in [5.74, 6) is 0.0207. The van der Waals surface area contributed by atoms with Gasteiger partial charge in [0.25, 0.3) is 0 Å². The molecular weight excluding hydrogens is 215 g/mol. The minimum absolute atomic E-state index is 0.0207. The van der Waals surface area contributed by atoms with E-state index < -0.39 is 12.1 Å². The van der Waals surface area contributed by atoms with Crippen molar-refractivity contribution in [3.63, 3.8) is 0 Å². The zero-order valence-corrected chi connectivity index (χ0v) is 9.06. The first-order valence-electron chi connectivity index (χ1n) is 5.04. The van der Waals surface area contributed by atoms with Crippen LogP contribution in [0.3, 0.4) is 0 Å². The molecule has 0 amide bonds. The van der Waals surface area contributed by atoms with E-state index in [9.17, 15) is 9.18 Å². The highest BCUT2D eigenvalue weighted by atomic mass is 35.5. The maximum absolute atomic E-state index is 13.1. The fraction of sp³-hybridized carbons (Fsp3) is 0.417. The molecule has 3 heteroatoms. The van der Waals surface area contributed by atoms with Gasteiger partial charge in [0.2, 0.25) is 0 Å². The number of rotatable bonds is 2. The van der Waals surface area contributed by atoms with Crippen molar-refractivity contribution in [3.05, 3.63) is 34.9 Å².